The van der Waals surface area contributed by atoms with Crippen molar-refractivity contribution in [2.45, 2.75) is 52.8 Å². The molecule has 1 rings (SSSR count). The van der Waals surface area contributed by atoms with Crippen LogP contribution in [0.25, 0.3) is 0 Å². The molecule has 118 valence electrons. The van der Waals surface area contributed by atoms with Crippen LogP contribution in [-0.2, 0) is 11.3 Å². The number of para-hydroxylation sites is 1. The van der Waals surface area contributed by atoms with E-state index in [0.29, 0.717) is 12.1 Å². The van der Waals surface area contributed by atoms with Crippen molar-refractivity contribution in [3.63, 3.8) is 0 Å². The van der Waals surface area contributed by atoms with E-state index < -0.39 is 11.9 Å². The summed E-state index contributed by atoms with van der Waals surface area (Å²) < 4.78 is 19.5. The first-order valence-corrected chi connectivity index (χ1v) is 7.21. The van der Waals surface area contributed by atoms with Gasteiger partial charge in [0.2, 0.25) is 0 Å². The molecule has 1 aromatic carbocycles. The number of carbonyl (C=O) groups excluding carboxylic acids is 1. The van der Waals surface area contributed by atoms with E-state index >= 15 is 0 Å². The molecule has 0 aliphatic heterocycles. The predicted octanol–water partition coefficient (Wildman–Crippen LogP) is 2.62. The van der Waals surface area contributed by atoms with Gasteiger partial charge in [0.15, 0.2) is 17.7 Å². The first-order chi connectivity index (χ1) is 9.74. The van der Waals surface area contributed by atoms with Crippen LogP contribution in [0.3, 0.4) is 0 Å². The maximum Gasteiger partial charge on any atom is 0.261 e. The van der Waals surface area contributed by atoms with Crippen LogP contribution in [0, 0.1) is 5.82 Å². The van der Waals surface area contributed by atoms with Crippen molar-refractivity contribution < 1.29 is 13.9 Å². The largest absolute Gasteiger partial charge is 0.477 e. The van der Waals surface area contributed by atoms with E-state index in [9.17, 15) is 9.18 Å². The molecule has 0 aliphatic rings. The van der Waals surface area contributed by atoms with Crippen LogP contribution < -0.4 is 15.4 Å². The first-order valence-electron chi connectivity index (χ1n) is 7.21. The smallest absolute Gasteiger partial charge is 0.261 e. The van der Waals surface area contributed by atoms with Crippen molar-refractivity contribution >= 4 is 5.91 Å². The van der Waals surface area contributed by atoms with Crippen LogP contribution in [0.4, 0.5) is 4.39 Å². The van der Waals surface area contributed by atoms with Crippen LogP contribution in [0.1, 0.15) is 40.2 Å². The Hall–Kier alpha value is -1.62. The third kappa shape index (κ3) is 5.71. The third-order valence-electron chi connectivity index (χ3n) is 2.78. The van der Waals surface area contributed by atoms with E-state index in [2.05, 4.69) is 10.6 Å². The van der Waals surface area contributed by atoms with Crippen LogP contribution in [0.15, 0.2) is 18.2 Å². The quantitative estimate of drug-likeness (QED) is 0.848. The summed E-state index contributed by atoms with van der Waals surface area (Å²) in [5.74, 6) is -0.587. The van der Waals surface area contributed by atoms with Gasteiger partial charge >= 0.3 is 0 Å². The molecule has 0 bridgehead atoms. The zero-order valence-corrected chi connectivity index (χ0v) is 13.4. The lowest BCUT2D eigenvalue weighted by Gasteiger charge is -2.24. The summed E-state index contributed by atoms with van der Waals surface area (Å²) in [6.45, 7) is 10.5. The Bertz CT molecular complexity index is 484. The SMILES string of the molecule is CCNCc1cccc(F)c1OC(C)C(=O)NC(C)(C)C. The highest BCUT2D eigenvalue weighted by Gasteiger charge is 2.22. The average molecular weight is 296 g/mol. The van der Waals surface area contributed by atoms with E-state index in [-0.39, 0.29) is 17.2 Å². The molecule has 0 saturated carbocycles. The number of hydrogen-bond donors (Lipinski definition) is 2. The lowest BCUT2D eigenvalue weighted by Crippen LogP contribution is -2.46. The van der Waals surface area contributed by atoms with E-state index in [4.69, 9.17) is 4.74 Å². The van der Waals surface area contributed by atoms with Gasteiger partial charge in [-0.25, -0.2) is 4.39 Å². The molecule has 0 radical (unpaired) electrons. The van der Waals surface area contributed by atoms with Gasteiger partial charge in [-0.2, -0.15) is 0 Å². The Labute approximate surface area is 126 Å². The van der Waals surface area contributed by atoms with Gasteiger partial charge in [0, 0.05) is 17.6 Å². The van der Waals surface area contributed by atoms with Gasteiger partial charge in [-0.05, 0) is 40.3 Å². The number of carbonyl (C=O) groups is 1. The highest BCUT2D eigenvalue weighted by molar-refractivity contribution is 5.81. The van der Waals surface area contributed by atoms with Crippen LogP contribution in [0.2, 0.25) is 0 Å². The monoisotopic (exact) mass is 296 g/mol. The molecule has 1 amide bonds. The van der Waals surface area contributed by atoms with Crippen molar-refractivity contribution in [1.29, 1.82) is 0 Å². The summed E-state index contributed by atoms with van der Waals surface area (Å²) in [6, 6.07) is 4.75. The summed E-state index contributed by atoms with van der Waals surface area (Å²) in [7, 11) is 0. The maximum absolute atomic E-state index is 14.0. The standard InChI is InChI=1S/C16H25FN2O2/c1-6-18-10-12-8-7-9-13(17)14(12)21-11(2)15(20)19-16(3,4)5/h7-9,11,18H,6,10H2,1-5H3,(H,19,20). The molecule has 0 aliphatic carbocycles. The minimum Gasteiger partial charge on any atom is -0.477 e. The Morgan fingerprint density at radius 2 is 2.05 bits per heavy atom. The topological polar surface area (TPSA) is 50.4 Å². The van der Waals surface area contributed by atoms with Gasteiger partial charge < -0.3 is 15.4 Å². The van der Waals surface area contributed by atoms with Gasteiger partial charge in [0.1, 0.15) is 0 Å². The Balaban J connectivity index is 2.83. The molecule has 2 N–H and O–H groups in total. The Kier molecular flexibility index (Phi) is 6.15. The second-order valence-electron chi connectivity index (χ2n) is 6.01. The number of halogens is 1. The Morgan fingerprint density at radius 1 is 1.38 bits per heavy atom. The fourth-order valence-electron chi connectivity index (χ4n) is 1.79. The highest BCUT2D eigenvalue weighted by Crippen LogP contribution is 2.24. The zero-order chi connectivity index (χ0) is 16.0. The van der Waals surface area contributed by atoms with Crippen LogP contribution in [-0.4, -0.2) is 24.1 Å². The molecular weight excluding hydrogens is 271 g/mol. The third-order valence-corrected chi connectivity index (χ3v) is 2.78. The number of benzene rings is 1. The number of ether oxygens (including phenoxy) is 1. The lowest BCUT2D eigenvalue weighted by molar-refractivity contribution is -0.128. The molecular formula is C16H25FN2O2. The summed E-state index contributed by atoms with van der Waals surface area (Å²) in [5, 5.41) is 5.94. The molecule has 0 fully saturated rings. The van der Waals surface area contributed by atoms with Crippen molar-refractivity contribution in [3.05, 3.63) is 29.6 Å². The molecule has 0 saturated heterocycles. The second kappa shape index (κ2) is 7.41. The minimum absolute atomic E-state index is 0.134. The predicted molar refractivity (Wildman–Crippen MR) is 81.8 cm³/mol. The van der Waals surface area contributed by atoms with Crippen molar-refractivity contribution in [2.75, 3.05) is 6.54 Å². The van der Waals surface area contributed by atoms with E-state index in [0.717, 1.165) is 6.54 Å². The summed E-state index contributed by atoms with van der Waals surface area (Å²) in [6.07, 6.45) is -0.762. The first kappa shape index (κ1) is 17.4. The van der Waals surface area contributed by atoms with Gasteiger partial charge in [-0.3, -0.25) is 4.79 Å². The Morgan fingerprint density at radius 3 is 2.62 bits per heavy atom. The van der Waals surface area contributed by atoms with Crippen molar-refractivity contribution in [1.82, 2.24) is 10.6 Å². The van der Waals surface area contributed by atoms with Gasteiger partial charge in [-0.1, -0.05) is 19.1 Å². The molecule has 0 heterocycles. The fourth-order valence-corrected chi connectivity index (χ4v) is 1.79. The van der Waals surface area contributed by atoms with Crippen molar-refractivity contribution in [3.8, 4) is 5.75 Å². The van der Waals surface area contributed by atoms with Gasteiger partial charge in [0.25, 0.3) is 5.91 Å². The molecule has 1 unspecified atom stereocenters. The fraction of sp³-hybridized carbons (Fsp3) is 0.562. The van der Waals surface area contributed by atoms with E-state index in [1.54, 1.807) is 19.1 Å². The van der Waals surface area contributed by atoms with Crippen molar-refractivity contribution in [2.24, 2.45) is 0 Å². The van der Waals surface area contributed by atoms with Crippen LogP contribution in [0.5, 0.6) is 5.75 Å². The lowest BCUT2D eigenvalue weighted by atomic mass is 10.1. The number of hydrogen-bond acceptors (Lipinski definition) is 3. The molecule has 5 heteroatoms. The van der Waals surface area contributed by atoms with Gasteiger partial charge in [-0.15, -0.1) is 0 Å². The van der Waals surface area contributed by atoms with E-state index in [1.807, 2.05) is 27.7 Å². The normalized spacial score (nSPS) is 12.9. The maximum atomic E-state index is 14.0. The van der Waals surface area contributed by atoms with E-state index in [1.165, 1.54) is 6.07 Å². The minimum atomic E-state index is -0.762. The average Bonchev–Trinajstić information content (AvgIpc) is 2.37. The molecule has 1 atom stereocenters. The highest BCUT2D eigenvalue weighted by atomic mass is 19.1. The molecule has 4 nitrogen and oxygen atoms in total. The summed E-state index contributed by atoms with van der Waals surface area (Å²) in [5.41, 5.74) is 0.351. The molecule has 0 aromatic heterocycles. The molecule has 0 spiro atoms. The zero-order valence-electron chi connectivity index (χ0n) is 13.4. The summed E-state index contributed by atoms with van der Waals surface area (Å²) >= 11 is 0. The number of nitrogens with one attached hydrogen (secondary N) is 2. The molecule has 21 heavy (non-hydrogen) atoms. The number of amides is 1. The van der Waals surface area contributed by atoms with Gasteiger partial charge in [0.05, 0.1) is 0 Å². The molecule has 1 aromatic rings. The second-order valence-corrected chi connectivity index (χ2v) is 6.01. The summed E-state index contributed by atoms with van der Waals surface area (Å²) in [4.78, 5) is 12.0. The van der Waals surface area contributed by atoms with Crippen LogP contribution >= 0.6 is 0 Å². The number of rotatable bonds is 6.